The van der Waals surface area contributed by atoms with E-state index in [0.29, 0.717) is 17.7 Å². The average Bonchev–Trinajstić information content (AvgIpc) is 3.14. The Morgan fingerprint density at radius 2 is 1.72 bits per heavy atom. The van der Waals surface area contributed by atoms with E-state index in [2.05, 4.69) is 0 Å². The zero-order chi connectivity index (χ0) is 17.6. The van der Waals surface area contributed by atoms with Gasteiger partial charge in [-0.25, -0.2) is 9.18 Å². The minimum atomic E-state index is -0.879. The molecule has 1 atom stereocenters. The molecule has 0 aliphatic heterocycles. The molecule has 25 heavy (non-hydrogen) atoms. The number of rotatable bonds is 7. The minimum Gasteiger partial charge on any atom is -0.489 e. The van der Waals surface area contributed by atoms with Gasteiger partial charge in [-0.2, -0.15) is 0 Å². The Balaban J connectivity index is 1.64. The van der Waals surface area contributed by atoms with Gasteiger partial charge in [0.1, 0.15) is 24.2 Å². The number of hydrogen-bond donors (Lipinski definition) is 1. The highest BCUT2D eigenvalue weighted by Crippen LogP contribution is 2.19. The number of aliphatic carboxylic acids is 1. The van der Waals surface area contributed by atoms with E-state index in [1.54, 1.807) is 59.4 Å². The summed E-state index contributed by atoms with van der Waals surface area (Å²) in [7, 11) is 0. The maximum absolute atomic E-state index is 13.6. The lowest BCUT2D eigenvalue weighted by molar-refractivity contribution is -0.140. The number of carboxylic acid groups (broad SMARTS) is 1. The summed E-state index contributed by atoms with van der Waals surface area (Å²) < 4.78 is 20.8. The molecule has 1 unspecified atom stereocenters. The summed E-state index contributed by atoms with van der Waals surface area (Å²) in [6.45, 7) is 0.146. The molecule has 1 N–H and O–H groups in total. The Kier molecular flexibility index (Phi) is 5.14. The van der Waals surface area contributed by atoms with Crippen molar-refractivity contribution in [3.63, 3.8) is 0 Å². The fourth-order valence-electron chi connectivity index (χ4n) is 2.60. The lowest BCUT2D eigenvalue weighted by Crippen LogP contribution is -2.20. The van der Waals surface area contributed by atoms with Gasteiger partial charge in [-0.15, -0.1) is 0 Å². The van der Waals surface area contributed by atoms with Crippen LogP contribution in [0.5, 0.6) is 5.75 Å². The van der Waals surface area contributed by atoms with E-state index < -0.39 is 12.0 Å². The first-order chi connectivity index (χ1) is 12.1. The molecule has 0 bridgehead atoms. The molecule has 128 valence electrons. The number of carboxylic acids is 1. The topological polar surface area (TPSA) is 51.5 Å². The van der Waals surface area contributed by atoms with E-state index in [9.17, 15) is 14.3 Å². The Hall–Kier alpha value is -3.08. The molecule has 4 nitrogen and oxygen atoms in total. The van der Waals surface area contributed by atoms with Crippen molar-refractivity contribution in [2.45, 2.75) is 19.1 Å². The number of carbonyl (C=O) groups is 1. The second kappa shape index (κ2) is 7.66. The Morgan fingerprint density at radius 3 is 2.36 bits per heavy atom. The molecule has 0 saturated carbocycles. The van der Waals surface area contributed by atoms with Crippen LogP contribution in [0.15, 0.2) is 73.1 Å². The van der Waals surface area contributed by atoms with Crippen molar-refractivity contribution in [3.05, 3.63) is 90.0 Å². The molecule has 2 aromatic carbocycles. The van der Waals surface area contributed by atoms with Crippen LogP contribution in [0.3, 0.4) is 0 Å². The highest BCUT2D eigenvalue weighted by molar-refractivity contribution is 5.72. The molecule has 3 aromatic rings. The zero-order valence-corrected chi connectivity index (χ0v) is 13.5. The van der Waals surface area contributed by atoms with Crippen LogP contribution in [-0.4, -0.2) is 15.6 Å². The average molecular weight is 339 g/mol. The van der Waals surface area contributed by atoms with Crippen LogP contribution in [0.2, 0.25) is 0 Å². The molecule has 0 fully saturated rings. The van der Waals surface area contributed by atoms with Gasteiger partial charge in [0.25, 0.3) is 0 Å². The molecule has 3 rings (SSSR count). The van der Waals surface area contributed by atoms with Gasteiger partial charge in [-0.3, -0.25) is 0 Å². The van der Waals surface area contributed by atoms with Crippen LogP contribution in [0.4, 0.5) is 4.39 Å². The van der Waals surface area contributed by atoms with Gasteiger partial charge in [-0.1, -0.05) is 30.3 Å². The van der Waals surface area contributed by atoms with Crippen LogP contribution in [0.1, 0.15) is 17.2 Å². The molecule has 1 aromatic heterocycles. The maximum atomic E-state index is 13.6. The molecule has 0 spiro atoms. The largest absolute Gasteiger partial charge is 0.489 e. The van der Waals surface area contributed by atoms with Crippen molar-refractivity contribution in [2.24, 2.45) is 0 Å². The number of aromatic nitrogens is 1. The van der Waals surface area contributed by atoms with Gasteiger partial charge in [0.15, 0.2) is 0 Å². The zero-order valence-electron chi connectivity index (χ0n) is 13.5. The molecular formula is C20H18FNO3. The van der Waals surface area contributed by atoms with E-state index in [-0.39, 0.29) is 12.4 Å². The van der Waals surface area contributed by atoms with Gasteiger partial charge in [0.2, 0.25) is 0 Å². The highest BCUT2D eigenvalue weighted by atomic mass is 19.1. The number of nitrogens with zero attached hydrogens (tertiary/aromatic N) is 1. The van der Waals surface area contributed by atoms with Crippen LogP contribution in [0.25, 0.3) is 0 Å². The standard InChI is InChI=1S/C20H18FNO3/c21-18-6-2-1-5-16(18)14-25-17-9-7-15(8-10-17)13-19(20(23)24)22-11-3-4-12-22/h1-12,19H,13-14H2,(H,23,24). The smallest absolute Gasteiger partial charge is 0.327 e. The maximum Gasteiger partial charge on any atom is 0.327 e. The van der Waals surface area contributed by atoms with Crippen LogP contribution in [-0.2, 0) is 17.8 Å². The summed E-state index contributed by atoms with van der Waals surface area (Å²) in [6.07, 6.45) is 3.85. The van der Waals surface area contributed by atoms with Gasteiger partial charge in [-0.05, 0) is 35.9 Å². The first-order valence-corrected chi connectivity index (χ1v) is 7.94. The summed E-state index contributed by atoms with van der Waals surface area (Å²) in [5.41, 5.74) is 1.38. The summed E-state index contributed by atoms with van der Waals surface area (Å²) in [4.78, 5) is 11.5. The molecule has 0 aliphatic rings. The summed E-state index contributed by atoms with van der Waals surface area (Å²) in [5, 5.41) is 9.42. The Morgan fingerprint density at radius 1 is 1.04 bits per heavy atom. The van der Waals surface area contributed by atoms with Gasteiger partial charge >= 0.3 is 5.97 Å². The SMILES string of the molecule is O=C(O)C(Cc1ccc(OCc2ccccc2F)cc1)n1cccc1. The number of benzene rings is 2. The molecule has 1 heterocycles. The Bertz CT molecular complexity index is 828. The second-order valence-electron chi connectivity index (χ2n) is 5.71. The van der Waals surface area contributed by atoms with Crippen LogP contribution in [0, 0.1) is 5.82 Å². The van der Waals surface area contributed by atoms with Crippen molar-refractivity contribution in [3.8, 4) is 5.75 Å². The molecule has 0 saturated heterocycles. The Labute approximate surface area is 145 Å². The van der Waals surface area contributed by atoms with Gasteiger partial charge in [0, 0.05) is 24.4 Å². The molecule has 0 radical (unpaired) electrons. The van der Waals surface area contributed by atoms with E-state index in [0.717, 1.165) is 5.56 Å². The van der Waals surface area contributed by atoms with Crippen molar-refractivity contribution < 1.29 is 19.0 Å². The first-order valence-electron chi connectivity index (χ1n) is 7.94. The summed E-state index contributed by atoms with van der Waals surface area (Å²) in [6, 6.07) is 16.6. The van der Waals surface area contributed by atoms with Crippen molar-refractivity contribution in [2.75, 3.05) is 0 Å². The normalized spacial score (nSPS) is 11.9. The molecule has 5 heteroatoms. The summed E-state index contributed by atoms with van der Waals surface area (Å²) >= 11 is 0. The number of hydrogen-bond acceptors (Lipinski definition) is 2. The predicted molar refractivity (Wildman–Crippen MR) is 92.0 cm³/mol. The predicted octanol–water partition coefficient (Wildman–Crippen LogP) is 4.07. The lowest BCUT2D eigenvalue weighted by atomic mass is 10.1. The van der Waals surface area contributed by atoms with Gasteiger partial charge < -0.3 is 14.4 Å². The monoisotopic (exact) mass is 339 g/mol. The highest BCUT2D eigenvalue weighted by Gasteiger charge is 2.19. The quantitative estimate of drug-likeness (QED) is 0.706. The van der Waals surface area contributed by atoms with E-state index >= 15 is 0 Å². The molecule has 0 aliphatic carbocycles. The van der Waals surface area contributed by atoms with E-state index in [1.807, 2.05) is 12.1 Å². The van der Waals surface area contributed by atoms with Crippen LogP contribution >= 0.6 is 0 Å². The number of ether oxygens (including phenoxy) is 1. The lowest BCUT2D eigenvalue weighted by Gasteiger charge is -2.15. The first kappa shape index (κ1) is 16.8. The molecular weight excluding hydrogens is 321 g/mol. The summed E-state index contributed by atoms with van der Waals surface area (Å²) in [5.74, 6) is -0.564. The van der Waals surface area contributed by atoms with Gasteiger partial charge in [0.05, 0.1) is 0 Å². The number of halogens is 1. The minimum absolute atomic E-state index is 0.146. The fourth-order valence-corrected chi connectivity index (χ4v) is 2.60. The molecule has 0 amide bonds. The van der Waals surface area contributed by atoms with Crippen molar-refractivity contribution in [1.82, 2.24) is 4.57 Å². The second-order valence-corrected chi connectivity index (χ2v) is 5.71. The third-order valence-corrected chi connectivity index (χ3v) is 3.98. The van der Waals surface area contributed by atoms with Crippen LogP contribution < -0.4 is 4.74 Å². The van der Waals surface area contributed by atoms with E-state index in [1.165, 1.54) is 6.07 Å². The fraction of sp³-hybridized carbons (Fsp3) is 0.150. The van der Waals surface area contributed by atoms with Crippen molar-refractivity contribution >= 4 is 5.97 Å². The van der Waals surface area contributed by atoms with E-state index in [4.69, 9.17) is 4.74 Å². The van der Waals surface area contributed by atoms with Crippen molar-refractivity contribution in [1.29, 1.82) is 0 Å². The third-order valence-electron chi connectivity index (χ3n) is 3.98. The third kappa shape index (κ3) is 4.26.